The number of aromatic nitrogens is 4. The lowest BCUT2D eigenvalue weighted by atomic mass is 10.0. The summed E-state index contributed by atoms with van der Waals surface area (Å²) in [6.07, 6.45) is 6.15. The second-order valence-electron chi connectivity index (χ2n) is 6.36. The highest BCUT2D eigenvalue weighted by Crippen LogP contribution is 2.23. The van der Waals surface area contributed by atoms with Gasteiger partial charge in [0.1, 0.15) is 5.78 Å². The molecule has 3 rings (SSSR count). The molecule has 0 aliphatic rings. The summed E-state index contributed by atoms with van der Waals surface area (Å²) in [7, 11) is 0. The van der Waals surface area contributed by atoms with E-state index < -0.39 is 0 Å². The Hall–Kier alpha value is -2.47. The average Bonchev–Trinajstić information content (AvgIpc) is 3.12. The van der Waals surface area contributed by atoms with Crippen molar-refractivity contribution in [1.82, 2.24) is 19.7 Å². The van der Waals surface area contributed by atoms with Gasteiger partial charge in [0.05, 0.1) is 5.75 Å². The van der Waals surface area contributed by atoms with E-state index in [0.717, 1.165) is 41.5 Å². The second kappa shape index (κ2) is 9.46. The molecule has 2 aromatic heterocycles. The highest BCUT2D eigenvalue weighted by molar-refractivity contribution is 7.99. The van der Waals surface area contributed by atoms with Crippen molar-refractivity contribution in [3.63, 3.8) is 0 Å². The molecular formula is C21H24N4OS. The fraction of sp³-hybridized carbons (Fsp3) is 0.333. The molecule has 0 fully saturated rings. The molecule has 0 saturated heterocycles. The van der Waals surface area contributed by atoms with Crippen LogP contribution in [-0.4, -0.2) is 31.3 Å². The fourth-order valence-corrected chi connectivity index (χ4v) is 3.79. The zero-order chi connectivity index (χ0) is 19.1. The number of benzene rings is 1. The van der Waals surface area contributed by atoms with Gasteiger partial charge in [-0.25, -0.2) is 0 Å². The van der Waals surface area contributed by atoms with Crippen molar-refractivity contribution >= 4 is 17.5 Å². The lowest BCUT2D eigenvalue weighted by molar-refractivity contribution is -0.116. The summed E-state index contributed by atoms with van der Waals surface area (Å²) in [5.74, 6) is 1.39. The Bertz CT molecular complexity index is 875. The van der Waals surface area contributed by atoms with E-state index in [0.29, 0.717) is 12.2 Å². The van der Waals surface area contributed by atoms with Crippen LogP contribution >= 0.6 is 11.8 Å². The van der Waals surface area contributed by atoms with E-state index in [1.165, 1.54) is 17.3 Å². The standard InChI is InChI=1S/C21H24N4OS/c1-3-5-16-6-8-17(9-7-16)14-19(26)15-27-21-24-23-20(25(21)4-2)18-10-12-22-13-11-18/h6-13H,3-5,14-15H2,1-2H3. The summed E-state index contributed by atoms with van der Waals surface area (Å²) < 4.78 is 2.03. The highest BCUT2D eigenvalue weighted by atomic mass is 32.2. The third kappa shape index (κ3) is 5.04. The van der Waals surface area contributed by atoms with Crippen LogP contribution in [0.2, 0.25) is 0 Å². The summed E-state index contributed by atoms with van der Waals surface area (Å²) in [6.45, 7) is 4.97. The van der Waals surface area contributed by atoms with Gasteiger partial charge >= 0.3 is 0 Å². The highest BCUT2D eigenvalue weighted by Gasteiger charge is 2.14. The Kier molecular flexibility index (Phi) is 6.76. The smallest absolute Gasteiger partial charge is 0.191 e. The molecule has 2 heterocycles. The van der Waals surface area contributed by atoms with Crippen LogP contribution in [0.1, 0.15) is 31.4 Å². The van der Waals surface area contributed by atoms with Gasteiger partial charge in [0.2, 0.25) is 0 Å². The number of aryl methyl sites for hydroxylation is 1. The Morgan fingerprint density at radius 2 is 1.70 bits per heavy atom. The number of rotatable bonds is 9. The number of pyridine rings is 1. The minimum Gasteiger partial charge on any atom is -0.302 e. The van der Waals surface area contributed by atoms with E-state index >= 15 is 0 Å². The van der Waals surface area contributed by atoms with Gasteiger partial charge < -0.3 is 4.57 Å². The van der Waals surface area contributed by atoms with Crippen LogP contribution in [0, 0.1) is 0 Å². The predicted molar refractivity (Wildman–Crippen MR) is 109 cm³/mol. The molecular weight excluding hydrogens is 356 g/mol. The number of Topliss-reactive ketones (excluding diaryl/α,β-unsaturated/α-hetero) is 1. The van der Waals surface area contributed by atoms with Crippen LogP contribution in [0.5, 0.6) is 0 Å². The van der Waals surface area contributed by atoms with Gasteiger partial charge in [0, 0.05) is 30.9 Å². The normalized spacial score (nSPS) is 10.9. The van der Waals surface area contributed by atoms with Crippen LogP contribution in [0.15, 0.2) is 53.9 Å². The molecule has 0 saturated carbocycles. The number of nitrogens with zero attached hydrogens (tertiary/aromatic N) is 4. The monoisotopic (exact) mass is 380 g/mol. The number of carbonyl (C=O) groups is 1. The first-order valence-corrected chi connectivity index (χ1v) is 10.3. The molecule has 0 aliphatic carbocycles. The van der Waals surface area contributed by atoms with Crippen LogP contribution < -0.4 is 0 Å². The van der Waals surface area contributed by atoms with Crippen molar-refractivity contribution in [2.45, 2.75) is 44.8 Å². The van der Waals surface area contributed by atoms with E-state index in [1.807, 2.05) is 16.7 Å². The van der Waals surface area contributed by atoms with Gasteiger partial charge in [-0.05, 0) is 36.6 Å². The second-order valence-corrected chi connectivity index (χ2v) is 7.30. The van der Waals surface area contributed by atoms with Gasteiger partial charge in [-0.15, -0.1) is 10.2 Å². The molecule has 3 aromatic rings. The van der Waals surface area contributed by atoms with Gasteiger partial charge in [0.25, 0.3) is 0 Å². The van der Waals surface area contributed by atoms with Crippen molar-refractivity contribution in [2.24, 2.45) is 0 Å². The molecule has 0 unspecified atom stereocenters. The molecule has 0 bridgehead atoms. The maximum absolute atomic E-state index is 12.4. The number of hydrogen-bond acceptors (Lipinski definition) is 5. The maximum Gasteiger partial charge on any atom is 0.191 e. The van der Waals surface area contributed by atoms with Gasteiger partial charge in [0.15, 0.2) is 11.0 Å². The average molecular weight is 381 g/mol. The Balaban J connectivity index is 1.61. The lowest BCUT2D eigenvalue weighted by Gasteiger charge is -2.07. The van der Waals surface area contributed by atoms with Crippen molar-refractivity contribution in [3.05, 3.63) is 59.9 Å². The summed E-state index contributed by atoms with van der Waals surface area (Å²) >= 11 is 1.45. The number of hydrogen-bond donors (Lipinski definition) is 0. The third-order valence-electron chi connectivity index (χ3n) is 4.30. The van der Waals surface area contributed by atoms with Crippen molar-refractivity contribution in [2.75, 3.05) is 5.75 Å². The molecule has 27 heavy (non-hydrogen) atoms. The first kappa shape index (κ1) is 19.3. The van der Waals surface area contributed by atoms with Crippen molar-refractivity contribution in [3.8, 4) is 11.4 Å². The van der Waals surface area contributed by atoms with E-state index in [2.05, 4.69) is 53.3 Å². The van der Waals surface area contributed by atoms with E-state index in [-0.39, 0.29) is 5.78 Å². The fourth-order valence-electron chi connectivity index (χ4n) is 2.93. The van der Waals surface area contributed by atoms with Crippen LogP contribution in [-0.2, 0) is 24.2 Å². The Morgan fingerprint density at radius 3 is 2.37 bits per heavy atom. The third-order valence-corrected chi connectivity index (χ3v) is 5.32. The molecule has 0 amide bonds. The first-order valence-electron chi connectivity index (χ1n) is 9.27. The summed E-state index contributed by atoms with van der Waals surface area (Å²) in [5.41, 5.74) is 3.36. The SMILES string of the molecule is CCCc1ccc(CC(=O)CSc2nnc(-c3ccncc3)n2CC)cc1. The minimum atomic E-state index is 0.194. The molecule has 0 spiro atoms. The van der Waals surface area contributed by atoms with Crippen LogP contribution in [0.25, 0.3) is 11.4 Å². The zero-order valence-electron chi connectivity index (χ0n) is 15.8. The molecule has 140 valence electrons. The topological polar surface area (TPSA) is 60.7 Å². The van der Waals surface area contributed by atoms with Gasteiger partial charge in [-0.1, -0.05) is 49.4 Å². The molecule has 0 radical (unpaired) electrons. The number of thioether (sulfide) groups is 1. The number of ketones is 1. The predicted octanol–water partition coefficient (Wildman–Crippen LogP) is 4.22. The summed E-state index contributed by atoms with van der Waals surface area (Å²) in [5, 5.41) is 9.35. The molecule has 5 nitrogen and oxygen atoms in total. The first-order chi connectivity index (χ1) is 13.2. The van der Waals surface area contributed by atoms with Crippen LogP contribution in [0.4, 0.5) is 0 Å². The van der Waals surface area contributed by atoms with Crippen molar-refractivity contribution in [1.29, 1.82) is 0 Å². The molecule has 6 heteroatoms. The quantitative estimate of drug-likeness (QED) is 0.520. The zero-order valence-corrected chi connectivity index (χ0v) is 16.6. The lowest BCUT2D eigenvalue weighted by Crippen LogP contribution is -2.07. The Morgan fingerprint density at radius 1 is 1.00 bits per heavy atom. The van der Waals surface area contributed by atoms with Gasteiger partial charge in [-0.3, -0.25) is 9.78 Å². The molecule has 0 N–H and O–H groups in total. The van der Waals surface area contributed by atoms with E-state index in [9.17, 15) is 4.79 Å². The van der Waals surface area contributed by atoms with Gasteiger partial charge in [-0.2, -0.15) is 0 Å². The summed E-state index contributed by atoms with van der Waals surface area (Å²) in [6, 6.07) is 12.2. The van der Waals surface area contributed by atoms with Crippen molar-refractivity contribution < 1.29 is 4.79 Å². The largest absolute Gasteiger partial charge is 0.302 e. The van der Waals surface area contributed by atoms with E-state index in [1.54, 1.807) is 12.4 Å². The number of carbonyl (C=O) groups excluding carboxylic acids is 1. The maximum atomic E-state index is 12.4. The molecule has 1 aromatic carbocycles. The Labute approximate surface area is 164 Å². The summed E-state index contributed by atoms with van der Waals surface area (Å²) in [4.78, 5) is 16.4. The molecule has 0 aliphatic heterocycles. The van der Waals surface area contributed by atoms with E-state index in [4.69, 9.17) is 0 Å². The minimum absolute atomic E-state index is 0.194. The molecule has 0 atom stereocenters. The van der Waals surface area contributed by atoms with Crippen LogP contribution in [0.3, 0.4) is 0 Å².